The fourth-order valence-electron chi connectivity index (χ4n) is 3.60. The molecule has 1 aliphatic carbocycles. The maximum atomic E-state index is 13.2. The SMILES string of the molecule is CC(C)(C)NCCOc1ccncc1NC(=O)C1=C(O)CCc2c1nc1ccccn21.Cl. The summed E-state index contributed by atoms with van der Waals surface area (Å²) >= 11 is 0. The van der Waals surface area contributed by atoms with Crippen LogP contribution in [0.4, 0.5) is 5.69 Å². The summed E-state index contributed by atoms with van der Waals surface area (Å²) in [4.78, 5) is 21.8. The van der Waals surface area contributed by atoms with E-state index in [-0.39, 0.29) is 29.3 Å². The summed E-state index contributed by atoms with van der Waals surface area (Å²) in [6.07, 6.45) is 6.06. The highest BCUT2D eigenvalue weighted by molar-refractivity contribution is 6.26. The number of imidazole rings is 1. The molecule has 9 heteroatoms. The molecule has 1 aliphatic rings. The highest BCUT2D eigenvalue weighted by atomic mass is 35.5. The van der Waals surface area contributed by atoms with Gasteiger partial charge in [-0.05, 0) is 39.3 Å². The Kier molecular flexibility index (Phi) is 7.06. The van der Waals surface area contributed by atoms with E-state index in [1.54, 1.807) is 12.3 Å². The molecule has 0 bridgehead atoms. The second-order valence-corrected chi connectivity index (χ2v) is 8.51. The van der Waals surface area contributed by atoms with Gasteiger partial charge in [-0.1, -0.05) is 6.07 Å². The lowest BCUT2D eigenvalue weighted by Gasteiger charge is -2.21. The quantitative estimate of drug-likeness (QED) is 0.487. The molecule has 0 fully saturated rings. The summed E-state index contributed by atoms with van der Waals surface area (Å²) in [6, 6.07) is 7.40. The highest BCUT2D eigenvalue weighted by Gasteiger charge is 2.29. The van der Waals surface area contributed by atoms with Gasteiger partial charge in [0.25, 0.3) is 5.91 Å². The first-order valence-electron chi connectivity index (χ1n) is 10.3. The van der Waals surface area contributed by atoms with Gasteiger partial charge in [0, 0.05) is 37.0 Å². The number of hydrogen-bond acceptors (Lipinski definition) is 6. The lowest BCUT2D eigenvalue weighted by Crippen LogP contribution is -2.38. The number of carbonyl (C=O) groups excluding carboxylic acids is 1. The molecule has 1 amide bonds. The van der Waals surface area contributed by atoms with Crippen molar-refractivity contribution in [3.63, 3.8) is 0 Å². The average molecular weight is 458 g/mol. The van der Waals surface area contributed by atoms with Gasteiger partial charge in [0.05, 0.1) is 11.9 Å². The minimum absolute atomic E-state index is 0. The van der Waals surface area contributed by atoms with Crippen molar-refractivity contribution in [2.45, 2.75) is 39.2 Å². The molecular weight excluding hydrogens is 430 g/mol. The molecule has 0 aromatic carbocycles. The molecule has 0 saturated heterocycles. The fraction of sp³-hybridized carbons (Fsp3) is 0.348. The third-order valence-electron chi connectivity index (χ3n) is 5.02. The van der Waals surface area contributed by atoms with Crippen LogP contribution in [-0.4, -0.2) is 44.1 Å². The number of aromatic nitrogens is 3. The maximum Gasteiger partial charge on any atom is 0.261 e. The zero-order valence-electron chi connectivity index (χ0n) is 18.4. The lowest BCUT2D eigenvalue weighted by atomic mass is 9.97. The number of aliphatic hydroxyl groups is 1. The Morgan fingerprint density at radius 1 is 1.25 bits per heavy atom. The lowest BCUT2D eigenvalue weighted by molar-refractivity contribution is -0.111. The Hall–Kier alpha value is -3.10. The van der Waals surface area contributed by atoms with Crippen LogP contribution in [0.2, 0.25) is 0 Å². The number of ether oxygens (including phenoxy) is 1. The number of hydrogen-bond donors (Lipinski definition) is 3. The molecular formula is C23H28ClN5O3. The van der Waals surface area contributed by atoms with Crippen molar-refractivity contribution in [3.05, 3.63) is 60.0 Å². The Morgan fingerprint density at radius 3 is 2.84 bits per heavy atom. The van der Waals surface area contributed by atoms with Gasteiger partial charge in [0.2, 0.25) is 0 Å². The number of anilines is 1. The van der Waals surface area contributed by atoms with Gasteiger partial charge in [-0.25, -0.2) is 4.98 Å². The number of allylic oxidation sites excluding steroid dienone is 1. The Morgan fingerprint density at radius 2 is 2.06 bits per heavy atom. The molecule has 0 unspecified atom stereocenters. The molecule has 0 radical (unpaired) electrons. The van der Waals surface area contributed by atoms with Crippen molar-refractivity contribution in [2.24, 2.45) is 0 Å². The normalized spacial score (nSPS) is 13.5. The average Bonchev–Trinajstić information content (AvgIpc) is 3.09. The number of nitrogens with one attached hydrogen (secondary N) is 2. The van der Waals surface area contributed by atoms with E-state index in [0.717, 1.165) is 11.3 Å². The van der Waals surface area contributed by atoms with Crippen LogP contribution >= 0.6 is 12.4 Å². The van der Waals surface area contributed by atoms with Crippen LogP contribution in [0.3, 0.4) is 0 Å². The van der Waals surface area contributed by atoms with E-state index in [9.17, 15) is 9.90 Å². The van der Waals surface area contributed by atoms with Crippen LogP contribution < -0.4 is 15.4 Å². The number of carbonyl (C=O) groups is 1. The van der Waals surface area contributed by atoms with E-state index in [4.69, 9.17) is 4.74 Å². The zero-order chi connectivity index (χ0) is 22.0. The molecule has 0 saturated carbocycles. The molecule has 8 nitrogen and oxygen atoms in total. The smallest absolute Gasteiger partial charge is 0.261 e. The van der Waals surface area contributed by atoms with Crippen molar-refractivity contribution in [3.8, 4) is 5.75 Å². The van der Waals surface area contributed by atoms with Crippen LogP contribution in [-0.2, 0) is 11.2 Å². The first-order chi connectivity index (χ1) is 14.8. The van der Waals surface area contributed by atoms with Gasteiger partial charge in [0.15, 0.2) is 0 Å². The molecule has 0 aliphatic heterocycles. The highest BCUT2D eigenvalue weighted by Crippen LogP contribution is 2.32. The summed E-state index contributed by atoms with van der Waals surface area (Å²) in [5, 5.41) is 16.7. The number of nitrogens with zero attached hydrogens (tertiary/aromatic N) is 3. The minimum Gasteiger partial charge on any atom is -0.511 e. The largest absolute Gasteiger partial charge is 0.511 e. The molecule has 170 valence electrons. The minimum atomic E-state index is -0.437. The molecule has 3 heterocycles. The number of halogens is 1. The van der Waals surface area contributed by atoms with Gasteiger partial charge < -0.3 is 24.9 Å². The second kappa shape index (κ2) is 9.58. The van der Waals surface area contributed by atoms with Crippen LogP contribution in [0.5, 0.6) is 5.75 Å². The van der Waals surface area contributed by atoms with Gasteiger partial charge in [0.1, 0.15) is 40.7 Å². The molecule has 3 aromatic rings. The maximum absolute atomic E-state index is 13.2. The van der Waals surface area contributed by atoms with Gasteiger partial charge in [-0.15, -0.1) is 12.4 Å². The fourth-order valence-corrected chi connectivity index (χ4v) is 3.60. The van der Waals surface area contributed by atoms with Gasteiger partial charge >= 0.3 is 0 Å². The molecule has 0 spiro atoms. The zero-order valence-corrected chi connectivity index (χ0v) is 19.2. The third kappa shape index (κ3) is 5.03. The summed E-state index contributed by atoms with van der Waals surface area (Å²) in [5.41, 5.74) is 2.79. The molecule has 0 atom stereocenters. The van der Waals surface area contributed by atoms with Gasteiger partial charge in [-0.3, -0.25) is 9.78 Å². The van der Waals surface area contributed by atoms with Crippen LogP contribution in [0, 0.1) is 0 Å². The van der Waals surface area contributed by atoms with E-state index in [0.29, 0.717) is 43.1 Å². The Bertz CT molecular complexity index is 1150. The van der Waals surface area contributed by atoms with E-state index >= 15 is 0 Å². The number of pyridine rings is 2. The van der Waals surface area contributed by atoms with E-state index in [1.807, 2.05) is 28.8 Å². The second-order valence-electron chi connectivity index (χ2n) is 8.51. The van der Waals surface area contributed by atoms with Gasteiger partial charge in [-0.2, -0.15) is 0 Å². The number of rotatable bonds is 6. The molecule has 3 N–H and O–H groups in total. The van der Waals surface area contributed by atoms with Crippen molar-refractivity contribution in [2.75, 3.05) is 18.5 Å². The Labute approximate surface area is 193 Å². The number of aliphatic hydroxyl groups excluding tert-OH is 1. The van der Waals surface area contributed by atoms with Crippen molar-refractivity contribution >= 4 is 35.2 Å². The molecule has 4 rings (SSSR count). The van der Waals surface area contributed by atoms with E-state index in [2.05, 4.69) is 41.4 Å². The number of amides is 1. The van der Waals surface area contributed by atoms with Crippen molar-refractivity contribution in [1.29, 1.82) is 0 Å². The number of fused-ring (bicyclic) bond motifs is 3. The van der Waals surface area contributed by atoms with E-state index in [1.165, 1.54) is 6.20 Å². The predicted octanol–water partition coefficient (Wildman–Crippen LogP) is 3.77. The van der Waals surface area contributed by atoms with Crippen molar-refractivity contribution < 1.29 is 14.6 Å². The first-order valence-corrected chi connectivity index (χ1v) is 10.3. The molecule has 3 aromatic heterocycles. The third-order valence-corrected chi connectivity index (χ3v) is 5.02. The standard InChI is InChI=1S/C23H27N5O3.ClH/c1-23(2,3)25-11-13-31-18-9-10-24-14-15(18)26-22(30)20-17(29)8-7-16-21(20)27-19-6-4-5-12-28(16)19;/h4-6,9-10,12,14,25,29H,7-8,11,13H2,1-3H3,(H,26,30);1H. The monoisotopic (exact) mass is 457 g/mol. The van der Waals surface area contributed by atoms with E-state index < -0.39 is 5.91 Å². The van der Waals surface area contributed by atoms with Crippen LogP contribution in [0.1, 0.15) is 38.6 Å². The summed E-state index contributed by atoms with van der Waals surface area (Å²) in [7, 11) is 0. The van der Waals surface area contributed by atoms with Crippen LogP contribution in [0.25, 0.3) is 11.2 Å². The number of aryl methyl sites for hydroxylation is 1. The summed E-state index contributed by atoms with van der Waals surface area (Å²) in [5.74, 6) is 0.117. The van der Waals surface area contributed by atoms with Crippen LogP contribution in [0.15, 0.2) is 48.6 Å². The topological polar surface area (TPSA) is 101 Å². The molecule has 32 heavy (non-hydrogen) atoms. The summed E-state index contributed by atoms with van der Waals surface area (Å²) in [6.45, 7) is 7.36. The first kappa shape index (κ1) is 23.6. The summed E-state index contributed by atoms with van der Waals surface area (Å²) < 4.78 is 7.80. The van der Waals surface area contributed by atoms with Crippen molar-refractivity contribution in [1.82, 2.24) is 19.7 Å². The predicted molar refractivity (Wildman–Crippen MR) is 126 cm³/mol. The Balaban J connectivity index is 0.00000289.